The molecule has 0 saturated carbocycles. The second-order valence-electron chi connectivity index (χ2n) is 18.2. The van der Waals surface area contributed by atoms with E-state index in [0.717, 1.165) is 72.7 Å². The van der Waals surface area contributed by atoms with Crippen molar-refractivity contribution in [2.45, 2.75) is 0 Å². The molecule has 4 heterocycles. The van der Waals surface area contributed by atoms with Crippen LogP contribution in [0.4, 0.5) is 0 Å². The summed E-state index contributed by atoms with van der Waals surface area (Å²) in [7, 11) is 0. The zero-order valence-electron chi connectivity index (χ0n) is 38.4. The number of benzene rings is 10. The molecule has 0 amide bonds. The number of para-hydroxylation sites is 4. The van der Waals surface area contributed by atoms with Gasteiger partial charge in [0.1, 0.15) is 0 Å². The summed E-state index contributed by atoms with van der Waals surface area (Å²) in [6.45, 7) is 0. The van der Waals surface area contributed by atoms with Gasteiger partial charge in [-0.2, -0.15) is 5.26 Å². The molecule has 5 heteroatoms. The molecule has 0 fully saturated rings. The van der Waals surface area contributed by atoms with E-state index in [-0.39, 0.29) is 0 Å². The van der Waals surface area contributed by atoms with Crippen LogP contribution in [0.1, 0.15) is 5.56 Å². The van der Waals surface area contributed by atoms with Gasteiger partial charge in [0.05, 0.1) is 50.4 Å². The number of rotatable bonds is 7. The maximum absolute atomic E-state index is 9.74. The smallest absolute Gasteiger partial charge is 0.0991 e. The molecule has 0 aliphatic rings. The summed E-state index contributed by atoms with van der Waals surface area (Å²) in [6, 6.07) is 88.9. The third-order valence-corrected chi connectivity index (χ3v) is 14.3. The Morgan fingerprint density at radius 2 is 0.690 bits per heavy atom. The predicted octanol–water partition coefficient (Wildman–Crippen LogP) is 16.9. The highest BCUT2D eigenvalue weighted by Gasteiger charge is 2.23. The summed E-state index contributed by atoms with van der Waals surface area (Å²) >= 11 is 0. The topological polar surface area (TPSA) is 51.5 Å². The molecule has 0 unspecified atom stereocenters. The lowest BCUT2D eigenvalue weighted by atomic mass is 9.86. The first-order valence-corrected chi connectivity index (χ1v) is 24.0. The Bertz CT molecular complexity index is 4160. The van der Waals surface area contributed by atoms with E-state index < -0.39 is 0 Å². The number of nitrogens with zero attached hydrogens (tertiary/aromatic N) is 5. The standard InChI is InChI=1S/C66H41N5/c67-41-43-27-29-46(30-28-43)64-57(44-15-3-1-4-16-44)42-68-66(65(64)45-17-5-2-6-18-45)47-31-33-48(34-32-47)69-62-37-35-49(70-58-23-11-7-19-51(58)52-20-8-12-24-59(52)70)39-55(62)56-40-50(36-38-63(56)69)71-60-25-13-9-21-53(60)54-22-10-14-26-61(54)71/h1-40,42H. The van der Waals surface area contributed by atoms with Gasteiger partial charge in [0.25, 0.3) is 0 Å². The lowest BCUT2D eigenvalue weighted by molar-refractivity contribution is 1.16. The summed E-state index contributed by atoms with van der Waals surface area (Å²) in [6.07, 6.45) is 2.01. The maximum Gasteiger partial charge on any atom is 0.0991 e. The van der Waals surface area contributed by atoms with Gasteiger partial charge in [-0.15, -0.1) is 0 Å². The van der Waals surface area contributed by atoms with Crippen LogP contribution in [0.5, 0.6) is 0 Å². The van der Waals surface area contributed by atoms with E-state index in [1.807, 2.05) is 24.4 Å². The van der Waals surface area contributed by atoms with E-state index in [2.05, 4.69) is 244 Å². The van der Waals surface area contributed by atoms with Crippen LogP contribution >= 0.6 is 0 Å². The summed E-state index contributed by atoms with van der Waals surface area (Å²) in [5, 5.41) is 17.0. The van der Waals surface area contributed by atoms with Crippen LogP contribution in [0.2, 0.25) is 0 Å². The van der Waals surface area contributed by atoms with Gasteiger partial charge in [0.15, 0.2) is 0 Å². The first-order valence-electron chi connectivity index (χ1n) is 24.0. The Hall–Kier alpha value is -9.76. The van der Waals surface area contributed by atoms with Crippen LogP contribution in [0, 0.1) is 11.3 Å². The van der Waals surface area contributed by atoms with Gasteiger partial charge in [-0.1, -0.05) is 158 Å². The van der Waals surface area contributed by atoms with E-state index >= 15 is 0 Å². The quantitative estimate of drug-likeness (QED) is 0.160. The summed E-state index contributed by atoms with van der Waals surface area (Å²) in [5.41, 5.74) is 19.1. The van der Waals surface area contributed by atoms with Gasteiger partial charge in [-0.3, -0.25) is 4.98 Å². The average molecular weight is 904 g/mol. The molecule has 0 saturated heterocycles. The fraction of sp³-hybridized carbons (Fsp3) is 0. The first-order chi connectivity index (χ1) is 35.2. The van der Waals surface area contributed by atoms with Crippen LogP contribution < -0.4 is 0 Å². The van der Waals surface area contributed by atoms with Crippen molar-refractivity contribution >= 4 is 65.4 Å². The molecular weight excluding hydrogens is 863 g/mol. The highest BCUT2D eigenvalue weighted by molar-refractivity contribution is 6.14. The zero-order valence-corrected chi connectivity index (χ0v) is 38.4. The van der Waals surface area contributed by atoms with Crippen molar-refractivity contribution in [1.29, 1.82) is 5.26 Å². The number of aromatic nitrogens is 4. The normalized spacial score (nSPS) is 11.6. The summed E-state index contributed by atoms with van der Waals surface area (Å²) in [4.78, 5) is 5.30. The highest BCUT2D eigenvalue weighted by Crippen LogP contribution is 2.45. The lowest BCUT2D eigenvalue weighted by Crippen LogP contribution is -1.99. The minimum atomic E-state index is 0.622. The number of hydrogen-bond acceptors (Lipinski definition) is 2. The third-order valence-electron chi connectivity index (χ3n) is 14.3. The second kappa shape index (κ2) is 16.2. The Labute approximate surface area is 409 Å². The number of fused-ring (bicyclic) bond motifs is 9. The van der Waals surface area contributed by atoms with Crippen molar-refractivity contribution in [3.8, 4) is 67.8 Å². The fourth-order valence-corrected chi connectivity index (χ4v) is 11.2. The minimum Gasteiger partial charge on any atom is -0.309 e. The lowest BCUT2D eigenvalue weighted by Gasteiger charge is -2.20. The van der Waals surface area contributed by atoms with Crippen molar-refractivity contribution in [1.82, 2.24) is 18.7 Å². The molecule has 0 aliphatic carbocycles. The van der Waals surface area contributed by atoms with Crippen LogP contribution in [0.25, 0.3) is 127 Å². The van der Waals surface area contributed by atoms with Crippen molar-refractivity contribution in [2.75, 3.05) is 0 Å². The minimum absolute atomic E-state index is 0.622. The Morgan fingerprint density at radius 1 is 0.310 bits per heavy atom. The molecule has 4 aromatic heterocycles. The monoisotopic (exact) mass is 903 g/mol. The summed E-state index contributed by atoms with van der Waals surface area (Å²) in [5.74, 6) is 0. The average Bonchev–Trinajstić information content (AvgIpc) is 4.08. The van der Waals surface area contributed by atoms with Gasteiger partial charge in [-0.05, 0) is 102 Å². The SMILES string of the molecule is N#Cc1ccc(-c2c(-c3ccccc3)cnc(-c3ccc(-n4c5ccc(-n6c7ccccc7c7ccccc76)cc5c5cc(-n6c7ccccc7c7ccccc76)ccc54)cc3)c2-c2ccccc2)cc1. The molecule has 330 valence electrons. The number of hydrogen-bond donors (Lipinski definition) is 0. The number of pyridine rings is 1. The van der Waals surface area contributed by atoms with Crippen LogP contribution in [-0.4, -0.2) is 18.7 Å². The van der Waals surface area contributed by atoms with Crippen molar-refractivity contribution in [3.63, 3.8) is 0 Å². The van der Waals surface area contributed by atoms with Gasteiger partial charge in [-0.25, -0.2) is 0 Å². The van der Waals surface area contributed by atoms with E-state index in [1.54, 1.807) is 0 Å². The molecule has 14 rings (SSSR count). The van der Waals surface area contributed by atoms with Gasteiger partial charge >= 0.3 is 0 Å². The van der Waals surface area contributed by atoms with Crippen LogP contribution in [0.15, 0.2) is 249 Å². The molecule has 71 heavy (non-hydrogen) atoms. The molecular formula is C66H41N5. The molecule has 5 nitrogen and oxygen atoms in total. The second-order valence-corrected chi connectivity index (χ2v) is 18.2. The maximum atomic E-state index is 9.74. The molecule has 0 atom stereocenters. The largest absolute Gasteiger partial charge is 0.309 e. The molecule has 10 aromatic carbocycles. The van der Waals surface area contributed by atoms with Gasteiger partial charge in [0.2, 0.25) is 0 Å². The molecule has 0 spiro atoms. The molecule has 14 aromatic rings. The molecule has 0 N–H and O–H groups in total. The van der Waals surface area contributed by atoms with E-state index in [9.17, 15) is 5.26 Å². The van der Waals surface area contributed by atoms with Gasteiger partial charge in [0, 0.05) is 77.8 Å². The molecule has 0 aliphatic heterocycles. The summed E-state index contributed by atoms with van der Waals surface area (Å²) < 4.78 is 7.23. The van der Waals surface area contributed by atoms with E-state index in [4.69, 9.17) is 4.98 Å². The Balaban J connectivity index is 0.986. The first kappa shape index (κ1) is 40.3. The molecule has 0 radical (unpaired) electrons. The zero-order chi connectivity index (χ0) is 47.0. The third kappa shape index (κ3) is 6.36. The Kier molecular flexibility index (Phi) is 9.20. The van der Waals surface area contributed by atoms with Crippen molar-refractivity contribution in [2.24, 2.45) is 0 Å². The van der Waals surface area contributed by atoms with Crippen LogP contribution in [-0.2, 0) is 0 Å². The molecule has 0 bridgehead atoms. The predicted molar refractivity (Wildman–Crippen MR) is 294 cm³/mol. The van der Waals surface area contributed by atoms with E-state index in [1.165, 1.54) is 54.4 Å². The van der Waals surface area contributed by atoms with E-state index in [0.29, 0.717) is 5.56 Å². The Morgan fingerprint density at radius 3 is 1.17 bits per heavy atom. The number of nitriles is 1. The highest BCUT2D eigenvalue weighted by atomic mass is 15.0. The van der Waals surface area contributed by atoms with Crippen LogP contribution in [0.3, 0.4) is 0 Å². The van der Waals surface area contributed by atoms with Gasteiger partial charge < -0.3 is 13.7 Å². The fourth-order valence-electron chi connectivity index (χ4n) is 11.2. The van der Waals surface area contributed by atoms with Crippen molar-refractivity contribution in [3.05, 3.63) is 254 Å². The van der Waals surface area contributed by atoms with Crippen molar-refractivity contribution < 1.29 is 0 Å².